The van der Waals surface area contributed by atoms with Crippen LogP contribution in [-0.2, 0) is 9.53 Å². The van der Waals surface area contributed by atoms with Crippen molar-refractivity contribution in [1.29, 1.82) is 0 Å². The largest absolute Gasteiger partial charge is 0.483 e. The van der Waals surface area contributed by atoms with E-state index in [2.05, 4.69) is 10.2 Å². The summed E-state index contributed by atoms with van der Waals surface area (Å²) in [6.07, 6.45) is 0. The number of anilines is 2. The third-order valence-electron chi connectivity index (χ3n) is 4.50. The number of amides is 1. The molecule has 0 saturated carbocycles. The van der Waals surface area contributed by atoms with Crippen LogP contribution in [0.1, 0.15) is 11.1 Å². The van der Waals surface area contributed by atoms with E-state index in [0.29, 0.717) is 23.9 Å². The summed E-state index contributed by atoms with van der Waals surface area (Å²) >= 11 is 6.39. The Labute approximate surface area is 158 Å². The molecule has 26 heavy (non-hydrogen) atoms. The van der Waals surface area contributed by atoms with Gasteiger partial charge in [-0.05, 0) is 49.2 Å². The molecular weight excluding hydrogens is 352 g/mol. The van der Waals surface area contributed by atoms with Gasteiger partial charge in [0.1, 0.15) is 5.75 Å². The van der Waals surface area contributed by atoms with Crippen molar-refractivity contribution in [3.8, 4) is 5.75 Å². The van der Waals surface area contributed by atoms with Gasteiger partial charge in [0.25, 0.3) is 5.91 Å². The van der Waals surface area contributed by atoms with Crippen LogP contribution in [0.3, 0.4) is 0 Å². The minimum absolute atomic E-state index is 0.0485. The Kier molecular flexibility index (Phi) is 6.01. The van der Waals surface area contributed by atoms with Crippen molar-refractivity contribution in [2.45, 2.75) is 13.8 Å². The first-order valence-electron chi connectivity index (χ1n) is 8.65. The second-order valence-electron chi connectivity index (χ2n) is 6.30. The maximum Gasteiger partial charge on any atom is 0.262 e. The lowest BCUT2D eigenvalue weighted by molar-refractivity contribution is -0.118. The van der Waals surface area contributed by atoms with Gasteiger partial charge in [0.2, 0.25) is 0 Å². The van der Waals surface area contributed by atoms with Crippen LogP contribution >= 0.6 is 11.6 Å². The predicted molar refractivity (Wildman–Crippen MR) is 105 cm³/mol. The highest BCUT2D eigenvalue weighted by Crippen LogP contribution is 2.29. The number of halogens is 1. The Morgan fingerprint density at radius 2 is 2.00 bits per heavy atom. The molecule has 1 saturated heterocycles. The van der Waals surface area contributed by atoms with Gasteiger partial charge in [0.15, 0.2) is 6.61 Å². The number of hydrogen-bond donors (Lipinski definition) is 1. The van der Waals surface area contributed by atoms with Crippen molar-refractivity contribution in [2.75, 3.05) is 43.1 Å². The van der Waals surface area contributed by atoms with E-state index in [-0.39, 0.29) is 12.5 Å². The minimum Gasteiger partial charge on any atom is -0.483 e. The molecule has 0 atom stereocenters. The maximum atomic E-state index is 12.2. The molecule has 0 bridgehead atoms. The summed E-state index contributed by atoms with van der Waals surface area (Å²) in [4.78, 5) is 14.4. The molecule has 0 aliphatic carbocycles. The lowest BCUT2D eigenvalue weighted by Gasteiger charge is -2.29. The fourth-order valence-corrected chi connectivity index (χ4v) is 3.17. The highest BCUT2D eigenvalue weighted by molar-refractivity contribution is 6.33. The molecule has 1 fully saturated rings. The molecule has 2 aromatic carbocycles. The van der Waals surface area contributed by atoms with Gasteiger partial charge in [0, 0.05) is 18.8 Å². The number of carbonyl (C=O) groups excluding carboxylic acids is 1. The average Bonchev–Trinajstić information content (AvgIpc) is 2.64. The molecule has 138 valence electrons. The van der Waals surface area contributed by atoms with E-state index in [0.717, 1.165) is 35.7 Å². The van der Waals surface area contributed by atoms with Gasteiger partial charge < -0.3 is 19.7 Å². The molecule has 3 rings (SSSR count). The number of morpholine rings is 1. The van der Waals surface area contributed by atoms with Crippen molar-refractivity contribution < 1.29 is 14.3 Å². The van der Waals surface area contributed by atoms with Gasteiger partial charge in [0.05, 0.1) is 23.9 Å². The molecule has 0 aromatic heterocycles. The van der Waals surface area contributed by atoms with Crippen LogP contribution in [-0.4, -0.2) is 38.8 Å². The van der Waals surface area contributed by atoms with E-state index in [9.17, 15) is 4.79 Å². The molecule has 2 aromatic rings. The summed E-state index contributed by atoms with van der Waals surface area (Å²) in [5, 5.41) is 3.44. The lowest BCUT2D eigenvalue weighted by atomic mass is 10.1. The normalized spacial score (nSPS) is 14.2. The van der Waals surface area contributed by atoms with Gasteiger partial charge in [-0.3, -0.25) is 4.79 Å². The molecule has 0 unspecified atom stereocenters. The highest BCUT2D eigenvalue weighted by atomic mass is 35.5. The van der Waals surface area contributed by atoms with Gasteiger partial charge in [-0.2, -0.15) is 0 Å². The monoisotopic (exact) mass is 374 g/mol. The highest BCUT2D eigenvalue weighted by Gasteiger charge is 2.15. The number of carbonyl (C=O) groups is 1. The van der Waals surface area contributed by atoms with Gasteiger partial charge >= 0.3 is 0 Å². The van der Waals surface area contributed by atoms with Crippen molar-refractivity contribution in [1.82, 2.24) is 0 Å². The summed E-state index contributed by atoms with van der Waals surface area (Å²) in [6.45, 7) is 6.97. The number of rotatable bonds is 5. The average molecular weight is 375 g/mol. The van der Waals surface area contributed by atoms with Crippen LogP contribution < -0.4 is 15.0 Å². The number of nitrogens with one attached hydrogen (secondary N) is 1. The van der Waals surface area contributed by atoms with Gasteiger partial charge in [-0.1, -0.05) is 23.7 Å². The Balaban J connectivity index is 1.59. The third kappa shape index (κ3) is 4.48. The molecule has 0 spiro atoms. The topological polar surface area (TPSA) is 50.8 Å². The van der Waals surface area contributed by atoms with Crippen LogP contribution in [0.4, 0.5) is 11.4 Å². The number of benzene rings is 2. The van der Waals surface area contributed by atoms with Crippen molar-refractivity contribution in [3.63, 3.8) is 0 Å². The molecule has 1 heterocycles. The predicted octanol–water partition coefficient (Wildman–Crippen LogP) is 3.81. The van der Waals surface area contributed by atoms with E-state index in [1.807, 2.05) is 44.2 Å². The zero-order valence-electron chi connectivity index (χ0n) is 15.0. The first-order valence-corrected chi connectivity index (χ1v) is 9.03. The number of ether oxygens (including phenoxy) is 2. The SMILES string of the molecule is Cc1cccc(OCC(=O)Nc2ccc(N3CCOCC3)c(Cl)c2)c1C. The number of nitrogens with zero attached hydrogens (tertiary/aromatic N) is 1. The van der Waals surface area contributed by atoms with Crippen LogP contribution in [0.25, 0.3) is 0 Å². The third-order valence-corrected chi connectivity index (χ3v) is 4.80. The van der Waals surface area contributed by atoms with E-state index in [4.69, 9.17) is 21.1 Å². The minimum atomic E-state index is -0.221. The molecule has 6 heteroatoms. The molecular formula is C20H23ClN2O3. The van der Waals surface area contributed by atoms with E-state index < -0.39 is 0 Å². The molecule has 1 aliphatic heterocycles. The summed E-state index contributed by atoms with van der Waals surface area (Å²) in [5.41, 5.74) is 3.78. The Bertz CT molecular complexity index is 789. The summed E-state index contributed by atoms with van der Waals surface area (Å²) in [6, 6.07) is 11.3. The maximum absolute atomic E-state index is 12.2. The van der Waals surface area contributed by atoms with Crippen molar-refractivity contribution in [2.24, 2.45) is 0 Å². The van der Waals surface area contributed by atoms with Crippen molar-refractivity contribution >= 4 is 28.9 Å². The zero-order chi connectivity index (χ0) is 18.5. The quantitative estimate of drug-likeness (QED) is 0.864. The molecule has 1 amide bonds. The number of hydrogen-bond acceptors (Lipinski definition) is 4. The Hall–Kier alpha value is -2.24. The first kappa shape index (κ1) is 18.5. The summed E-state index contributed by atoms with van der Waals surface area (Å²) in [5.74, 6) is 0.502. The molecule has 0 radical (unpaired) electrons. The Morgan fingerprint density at radius 1 is 1.23 bits per heavy atom. The van der Waals surface area contributed by atoms with E-state index in [1.54, 1.807) is 6.07 Å². The second kappa shape index (κ2) is 8.43. The van der Waals surface area contributed by atoms with Crippen molar-refractivity contribution in [3.05, 3.63) is 52.5 Å². The Morgan fingerprint density at radius 3 is 2.73 bits per heavy atom. The van der Waals surface area contributed by atoms with Gasteiger partial charge in [-0.15, -0.1) is 0 Å². The van der Waals surface area contributed by atoms with Crippen LogP contribution in [0, 0.1) is 13.8 Å². The van der Waals surface area contributed by atoms with E-state index in [1.165, 1.54) is 0 Å². The standard InChI is InChI=1S/C20H23ClN2O3/c1-14-4-3-5-19(15(14)2)26-13-20(24)22-16-6-7-18(17(21)12-16)23-8-10-25-11-9-23/h3-7,12H,8-11,13H2,1-2H3,(H,22,24). The van der Waals surface area contributed by atoms with Crippen LogP contribution in [0.2, 0.25) is 5.02 Å². The summed E-state index contributed by atoms with van der Waals surface area (Å²) < 4.78 is 11.0. The lowest BCUT2D eigenvalue weighted by Crippen LogP contribution is -2.36. The van der Waals surface area contributed by atoms with Crippen LogP contribution in [0.15, 0.2) is 36.4 Å². The zero-order valence-corrected chi connectivity index (χ0v) is 15.8. The molecule has 1 N–H and O–H groups in total. The molecule has 5 nitrogen and oxygen atoms in total. The molecule has 1 aliphatic rings. The second-order valence-corrected chi connectivity index (χ2v) is 6.71. The van der Waals surface area contributed by atoms with Crippen LogP contribution in [0.5, 0.6) is 5.75 Å². The van der Waals surface area contributed by atoms with E-state index >= 15 is 0 Å². The first-order chi connectivity index (χ1) is 12.5. The fraction of sp³-hybridized carbons (Fsp3) is 0.350. The fourth-order valence-electron chi connectivity index (χ4n) is 2.87. The number of aryl methyl sites for hydroxylation is 1. The summed E-state index contributed by atoms with van der Waals surface area (Å²) in [7, 11) is 0. The smallest absolute Gasteiger partial charge is 0.262 e. The van der Waals surface area contributed by atoms with Gasteiger partial charge in [-0.25, -0.2) is 0 Å².